The maximum Gasteiger partial charge on any atom is 0.260 e. The molecule has 1 unspecified atom stereocenters. The van der Waals surface area contributed by atoms with Gasteiger partial charge in [0.15, 0.2) is 0 Å². The van der Waals surface area contributed by atoms with Crippen LogP contribution in [0.2, 0.25) is 0 Å². The normalized spacial score (nSPS) is 36.1. The average Bonchev–Trinajstić information content (AvgIpc) is 2.66. The molecular weight excluding hydrogens is 180 g/mol. The summed E-state index contributed by atoms with van der Waals surface area (Å²) in [4.78, 5) is 4.16. The van der Waals surface area contributed by atoms with Gasteiger partial charge in [-0.2, -0.15) is 4.80 Å². The Morgan fingerprint density at radius 2 is 2.07 bits per heavy atom. The number of aromatic nitrogens is 4. The molecule has 3 aliphatic heterocycles. The summed E-state index contributed by atoms with van der Waals surface area (Å²) in [6, 6.07) is 0.391. The Morgan fingerprint density at radius 1 is 1.29 bits per heavy atom. The minimum Gasteiger partial charge on any atom is -0.365 e. The molecule has 0 aliphatic carbocycles. The van der Waals surface area contributed by atoms with Crippen molar-refractivity contribution in [2.45, 2.75) is 18.9 Å². The second kappa shape index (κ2) is 2.91. The van der Waals surface area contributed by atoms with E-state index >= 15 is 0 Å². The van der Waals surface area contributed by atoms with E-state index in [-0.39, 0.29) is 5.95 Å². The van der Waals surface area contributed by atoms with Crippen molar-refractivity contribution >= 4 is 5.95 Å². The molecule has 3 fully saturated rings. The van der Waals surface area contributed by atoms with Crippen molar-refractivity contribution in [2.24, 2.45) is 5.92 Å². The summed E-state index contributed by atoms with van der Waals surface area (Å²) < 4.78 is 0. The van der Waals surface area contributed by atoms with Crippen molar-refractivity contribution in [3.8, 4) is 0 Å². The quantitative estimate of drug-likeness (QED) is 0.653. The van der Waals surface area contributed by atoms with Gasteiger partial charge in [-0.05, 0) is 37.1 Å². The fourth-order valence-corrected chi connectivity index (χ4v) is 2.57. The summed E-state index contributed by atoms with van der Waals surface area (Å²) in [6.45, 7) is 3.51. The van der Waals surface area contributed by atoms with Crippen LogP contribution in [0.4, 0.5) is 5.95 Å². The molecule has 0 saturated carbocycles. The van der Waals surface area contributed by atoms with Gasteiger partial charge < -0.3 is 10.6 Å². The molecule has 4 rings (SSSR count). The van der Waals surface area contributed by atoms with E-state index in [4.69, 9.17) is 5.73 Å². The van der Waals surface area contributed by atoms with Gasteiger partial charge in [-0.25, -0.2) is 0 Å². The molecule has 1 atom stereocenters. The Hall–Kier alpha value is -1.17. The number of nitrogens with two attached hydrogens (primary N) is 1. The summed E-state index contributed by atoms with van der Waals surface area (Å²) in [5.74, 6) is 0.995. The van der Waals surface area contributed by atoms with E-state index in [0.29, 0.717) is 12.0 Å². The van der Waals surface area contributed by atoms with Gasteiger partial charge in [0.1, 0.15) is 0 Å². The van der Waals surface area contributed by atoms with Crippen molar-refractivity contribution in [1.82, 2.24) is 25.1 Å². The lowest BCUT2D eigenvalue weighted by Crippen LogP contribution is -2.48. The van der Waals surface area contributed by atoms with Crippen molar-refractivity contribution in [3.63, 3.8) is 0 Å². The maximum absolute atomic E-state index is 5.46. The van der Waals surface area contributed by atoms with Gasteiger partial charge in [-0.3, -0.25) is 0 Å². The number of fused-ring (bicyclic) bond motifs is 3. The summed E-state index contributed by atoms with van der Waals surface area (Å²) in [5.41, 5.74) is 5.46. The van der Waals surface area contributed by atoms with E-state index in [1.54, 1.807) is 4.80 Å². The first-order valence-electron chi connectivity index (χ1n) is 5.10. The van der Waals surface area contributed by atoms with Crippen LogP contribution in [0.15, 0.2) is 0 Å². The van der Waals surface area contributed by atoms with Gasteiger partial charge in [0.25, 0.3) is 5.95 Å². The summed E-state index contributed by atoms with van der Waals surface area (Å²) in [7, 11) is 0. The first kappa shape index (κ1) is 8.16. The van der Waals surface area contributed by atoms with Crippen molar-refractivity contribution in [3.05, 3.63) is 0 Å². The SMILES string of the molecule is Nc1nnn(C2CN3CCC2CC3)n1. The minimum atomic E-state index is 0.279. The third-order valence-electron chi connectivity index (χ3n) is 3.36. The van der Waals surface area contributed by atoms with Crippen molar-refractivity contribution in [2.75, 3.05) is 25.4 Å². The summed E-state index contributed by atoms with van der Waals surface area (Å²) >= 11 is 0. The van der Waals surface area contributed by atoms with E-state index in [0.717, 1.165) is 6.54 Å². The highest BCUT2D eigenvalue weighted by Crippen LogP contribution is 2.34. The number of piperidine rings is 3. The fourth-order valence-electron chi connectivity index (χ4n) is 2.57. The molecule has 1 aromatic heterocycles. The summed E-state index contributed by atoms with van der Waals surface area (Å²) in [5, 5.41) is 11.8. The molecule has 14 heavy (non-hydrogen) atoms. The van der Waals surface area contributed by atoms with Gasteiger partial charge in [0.2, 0.25) is 0 Å². The Labute approximate surface area is 82.1 Å². The van der Waals surface area contributed by atoms with Crippen LogP contribution in [0, 0.1) is 5.92 Å². The van der Waals surface area contributed by atoms with E-state index < -0.39 is 0 Å². The van der Waals surface area contributed by atoms with Crippen molar-refractivity contribution in [1.29, 1.82) is 0 Å². The van der Waals surface area contributed by atoms with Crippen LogP contribution >= 0.6 is 0 Å². The van der Waals surface area contributed by atoms with E-state index in [1.807, 2.05) is 0 Å². The Kier molecular flexibility index (Phi) is 1.70. The van der Waals surface area contributed by atoms with Crippen molar-refractivity contribution < 1.29 is 0 Å². The standard InChI is InChI=1S/C8H14N6/c9-8-10-12-14(11-8)7-5-13-3-1-6(7)2-4-13/h6-7H,1-5H2,(H2,9,11). The van der Waals surface area contributed by atoms with Gasteiger partial charge in [0, 0.05) is 6.54 Å². The second-order valence-electron chi connectivity index (χ2n) is 4.17. The molecule has 3 aliphatic rings. The molecule has 0 amide bonds. The van der Waals surface area contributed by atoms with E-state index in [9.17, 15) is 0 Å². The lowest BCUT2D eigenvalue weighted by Gasteiger charge is -2.43. The molecule has 0 spiro atoms. The minimum absolute atomic E-state index is 0.279. The first-order valence-corrected chi connectivity index (χ1v) is 5.10. The van der Waals surface area contributed by atoms with Crippen LogP contribution in [-0.4, -0.2) is 44.7 Å². The molecule has 6 nitrogen and oxygen atoms in total. The van der Waals surface area contributed by atoms with Crippen LogP contribution in [0.1, 0.15) is 18.9 Å². The number of hydrogen-bond donors (Lipinski definition) is 1. The highest BCUT2D eigenvalue weighted by atomic mass is 15.6. The Balaban J connectivity index is 1.85. The predicted octanol–water partition coefficient (Wildman–Crippen LogP) is -0.478. The van der Waals surface area contributed by atoms with Gasteiger partial charge >= 0.3 is 0 Å². The third-order valence-corrected chi connectivity index (χ3v) is 3.36. The van der Waals surface area contributed by atoms with Gasteiger partial charge in [0.05, 0.1) is 6.04 Å². The molecule has 1 aromatic rings. The van der Waals surface area contributed by atoms with E-state index in [1.165, 1.54) is 25.9 Å². The summed E-state index contributed by atoms with van der Waals surface area (Å²) in [6.07, 6.45) is 2.51. The monoisotopic (exact) mass is 194 g/mol. The molecule has 6 heteroatoms. The number of tetrazole rings is 1. The number of nitrogens with zero attached hydrogens (tertiary/aromatic N) is 5. The third kappa shape index (κ3) is 1.18. The molecule has 76 valence electrons. The molecular formula is C8H14N6. The topological polar surface area (TPSA) is 72.9 Å². The van der Waals surface area contributed by atoms with Crippen LogP contribution in [0.25, 0.3) is 0 Å². The highest BCUT2D eigenvalue weighted by Gasteiger charge is 2.36. The maximum atomic E-state index is 5.46. The molecule has 0 radical (unpaired) electrons. The van der Waals surface area contributed by atoms with Crippen LogP contribution in [-0.2, 0) is 0 Å². The van der Waals surface area contributed by atoms with Crippen LogP contribution < -0.4 is 5.73 Å². The zero-order valence-electron chi connectivity index (χ0n) is 8.00. The molecule has 2 N–H and O–H groups in total. The zero-order valence-corrected chi connectivity index (χ0v) is 8.00. The van der Waals surface area contributed by atoms with Gasteiger partial charge in [-0.1, -0.05) is 5.10 Å². The molecule has 4 heterocycles. The average molecular weight is 194 g/mol. The van der Waals surface area contributed by atoms with Crippen LogP contribution in [0.5, 0.6) is 0 Å². The highest BCUT2D eigenvalue weighted by molar-refractivity contribution is 5.07. The number of rotatable bonds is 1. The van der Waals surface area contributed by atoms with Gasteiger partial charge in [-0.15, -0.1) is 5.10 Å². The number of hydrogen-bond acceptors (Lipinski definition) is 5. The largest absolute Gasteiger partial charge is 0.365 e. The Morgan fingerprint density at radius 3 is 2.57 bits per heavy atom. The second-order valence-corrected chi connectivity index (χ2v) is 4.17. The van der Waals surface area contributed by atoms with Crippen LogP contribution in [0.3, 0.4) is 0 Å². The smallest absolute Gasteiger partial charge is 0.260 e. The molecule has 0 aromatic carbocycles. The molecule has 3 saturated heterocycles. The van der Waals surface area contributed by atoms with E-state index in [2.05, 4.69) is 20.3 Å². The predicted molar refractivity (Wildman–Crippen MR) is 50.4 cm³/mol. The molecule has 2 bridgehead atoms. The first-order chi connectivity index (χ1) is 6.83. The lowest BCUT2D eigenvalue weighted by atomic mass is 9.84. The fraction of sp³-hybridized carbons (Fsp3) is 0.875. The Bertz CT molecular complexity index is 326. The lowest BCUT2D eigenvalue weighted by molar-refractivity contribution is 0.0436. The number of nitrogen functional groups attached to an aromatic ring is 1. The zero-order chi connectivity index (χ0) is 9.54. The number of anilines is 1.